The molecule has 4 nitrogen and oxygen atoms in total. The highest BCUT2D eigenvalue weighted by atomic mass is 16.3. The maximum Gasteiger partial charge on any atom is 0.220 e. The number of likely N-dealkylation sites (N-methyl/N-ethyl adjacent to an activating group) is 1. The Morgan fingerprint density at radius 1 is 1.40 bits per heavy atom. The summed E-state index contributed by atoms with van der Waals surface area (Å²) in [5.41, 5.74) is 0. The molecular formula is C16H26N2O2. The smallest absolute Gasteiger partial charge is 0.220 e. The standard InChI is InChI=1S/C16H26N2O2/c1-18(2)14(15-9-6-10-20-15)12-17-16(19)11-13-7-4-3-5-8-13/h6,9-10,13-14H,3-5,7-8,11-12H2,1-2H3,(H,17,19). The van der Waals surface area contributed by atoms with Crippen LogP contribution in [0.4, 0.5) is 0 Å². The van der Waals surface area contributed by atoms with Gasteiger partial charge in [0, 0.05) is 13.0 Å². The predicted molar refractivity (Wildman–Crippen MR) is 79.3 cm³/mol. The van der Waals surface area contributed by atoms with Crippen molar-refractivity contribution in [3.8, 4) is 0 Å². The number of nitrogens with one attached hydrogen (secondary N) is 1. The van der Waals surface area contributed by atoms with Gasteiger partial charge in [-0.3, -0.25) is 9.69 Å². The van der Waals surface area contributed by atoms with Crippen molar-refractivity contribution < 1.29 is 9.21 Å². The molecule has 1 atom stereocenters. The van der Waals surface area contributed by atoms with Gasteiger partial charge in [0.05, 0.1) is 12.3 Å². The second-order valence-electron chi connectivity index (χ2n) is 6.01. The van der Waals surface area contributed by atoms with Crippen LogP contribution in [-0.2, 0) is 4.79 Å². The summed E-state index contributed by atoms with van der Waals surface area (Å²) in [5, 5.41) is 3.06. The molecule has 1 aromatic rings. The van der Waals surface area contributed by atoms with Gasteiger partial charge in [-0.05, 0) is 45.0 Å². The fraction of sp³-hybridized carbons (Fsp3) is 0.688. The number of hydrogen-bond donors (Lipinski definition) is 1. The fourth-order valence-corrected chi connectivity index (χ4v) is 2.95. The molecule has 0 saturated heterocycles. The molecule has 1 amide bonds. The van der Waals surface area contributed by atoms with Crippen molar-refractivity contribution >= 4 is 5.91 Å². The molecule has 0 aliphatic heterocycles. The van der Waals surface area contributed by atoms with E-state index < -0.39 is 0 Å². The van der Waals surface area contributed by atoms with E-state index in [4.69, 9.17) is 4.42 Å². The number of rotatable bonds is 6. The lowest BCUT2D eigenvalue weighted by molar-refractivity contribution is -0.122. The molecule has 1 heterocycles. The van der Waals surface area contributed by atoms with Crippen LogP contribution in [0.5, 0.6) is 0 Å². The first-order valence-corrected chi connectivity index (χ1v) is 7.63. The maximum atomic E-state index is 12.0. The largest absolute Gasteiger partial charge is 0.468 e. The molecule has 0 radical (unpaired) electrons. The SMILES string of the molecule is CN(C)C(CNC(=O)CC1CCCCC1)c1ccco1. The van der Waals surface area contributed by atoms with Gasteiger partial charge in [0.1, 0.15) is 5.76 Å². The molecule has 0 aromatic carbocycles. The summed E-state index contributed by atoms with van der Waals surface area (Å²) in [6.07, 6.45) is 8.67. The van der Waals surface area contributed by atoms with Gasteiger partial charge in [0.15, 0.2) is 0 Å². The van der Waals surface area contributed by atoms with Gasteiger partial charge >= 0.3 is 0 Å². The van der Waals surface area contributed by atoms with Crippen LogP contribution in [0.25, 0.3) is 0 Å². The highest BCUT2D eigenvalue weighted by Gasteiger charge is 2.20. The highest BCUT2D eigenvalue weighted by molar-refractivity contribution is 5.76. The number of amides is 1. The number of furan rings is 1. The van der Waals surface area contributed by atoms with Crippen molar-refractivity contribution in [1.82, 2.24) is 10.2 Å². The summed E-state index contributed by atoms with van der Waals surface area (Å²) in [5.74, 6) is 1.66. The van der Waals surface area contributed by atoms with Gasteiger partial charge < -0.3 is 9.73 Å². The van der Waals surface area contributed by atoms with Crippen LogP contribution in [0.3, 0.4) is 0 Å². The molecule has 1 saturated carbocycles. The second kappa shape index (κ2) is 7.48. The van der Waals surface area contributed by atoms with E-state index in [2.05, 4.69) is 10.2 Å². The van der Waals surface area contributed by atoms with Gasteiger partial charge in [-0.1, -0.05) is 19.3 Å². The first-order chi connectivity index (χ1) is 9.66. The molecule has 1 unspecified atom stereocenters. The number of carbonyl (C=O) groups is 1. The summed E-state index contributed by atoms with van der Waals surface area (Å²) in [6, 6.07) is 3.94. The summed E-state index contributed by atoms with van der Waals surface area (Å²) in [4.78, 5) is 14.1. The Labute approximate surface area is 121 Å². The molecule has 2 rings (SSSR count). The zero-order valence-electron chi connectivity index (χ0n) is 12.6. The Balaban J connectivity index is 1.78. The molecule has 1 N–H and O–H groups in total. The lowest BCUT2D eigenvalue weighted by atomic mass is 9.87. The topological polar surface area (TPSA) is 45.5 Å². The minimum Gasteiger partial charge on any atom is -0.468 e. The Kier molecular flexibility index (Phi) is 5.65. The van der Waals surface area contributed by atoms with Gasteiger partial charge in [0.25, 0.3) is 0 Å². The van der Waals surface area contributed by atoms with Gasteiger partial charge in [-0.15, -0.1) is 0 Å². The Hall–Kier alpha value is -1.29. The number of nitrogens with zero attached hydrogens (tertiary/aromatic N) is 1. The molecule has 1 aromatic heterocycles. The summed E-state index contributed by atoms with van der Waals surface area (Å²) in [7, 11) is 4.00. The average Bonchev–Trinajstić information content (AvgIpc) is 2.93. The van der Waals surface area contributed by atoms with Gasteiger partial charge in [-0.25, -0.2) is 0 Å². The normalized spacial score (nSPS) is 18.1. The van der Waals surface area contributed by atoms with Crippen molar-refractivity contribution in [2.75, 3.05) is 20.6 Å². The van der Waals surface area contributed by atoms with E-state index in [-0.39, 0.29) is 11.9 Å². The van der Waals surface area contributed by atoms with Crippen LogP contribution < -0.4 is 5.32 Å². The first kappa shape index (κ1) is 15.1. The number of hydrogen-bond acceptors (Lipinski definition) is 3. The molecular weight excluding hydrogens is 252 g/mol. The molecule has 0 bridgehead atoms. The van der Waals surface area contributed by atoms with Crippen LogP contribution in [0.2, 0.25) is 0 Å². The van der Waals surface area contributed by atoms with Crippen molar-refractivity contribution in [3.63, 3.8) is 0 Å². The Bertz CT molecular complexity index is 395. The van der Waals surface area contributed by atoms with E-state index in [0.29, 0.717) is 18.9 Å². The minimum atomic E-state index is 0.0975. The fourth-order valence-electron chi connectivity index (χ4n) is 2.95. The van der Waals surface area contributed by atoms with Crippen molar-refractivity contribution in [3.05, 3.63) is 24.2 Å². The third-order valence-corrected chi connectivity index (χ3v) is 4.19. The monoisotopic (exact) mass is 278 g/mol. The zero-order valence-corrected chi connectivity index (χ0v) is 12.6. The van der Waals surface area contributed by atoms with Crippen molar-refractivity contribution in [1.29, 1.82) is 0 Å². The van der Waals surface area contributed by atoms with E-state index in [1.807, 2.05) is 26.2 Å². The second-order valence-corrected chi connectivity index (χ2v) is 6.01. The van der Waals surface area contributed by atoms with Crippen molar-refractivity contribution in [2.24, 2.45) is 5.92 Å². The number of carbonyl (C=O) groups excluding carboxylic acids is 1. The minimum absolute atomic E-state index is 0.0975. The third-order valence-electron chi connectivity index (χ3n) is 4.19. The highest BCUT2D eigenvalue weighted by Crippen LogP contribution is 2.26. The van der Waals surface area contributed by atoms with E-state index in [0.717, 1.165) is 5.76 Å². The predicted octanol–water partition coefficient (Wildman–Crippen LogP) is 2.97. The molecule has 20 heavy (non-hydrogen) atoms. The quantitative estimate of drug-likeness (QED) is 0.870. The molecule has 4 heteroatoms. The molecule has 1 aliphatic carbocycles. The molecule has 0 spiro atoms. The Morgan fingerprint density at radius 2 is 2.15 bits per heavy atom. The summed E-state index contributed by atoms with van der Waals surface area (Å²) < 4.78 is 5.45. The van der Waals surface area contributed by atoms with E-state index in [1.165, 1.54) is 32.1 Å². The van der Waals surface area contributed by atoms with E-state index in [9.17, 15) is 4.79 Å². The molecule has 1 aliphatic rings. The van der Waals surface area contributed by atoms with Crippen LogP contribution in [0, 0.1) is 5.92 Å². The van der Waals surface area contributed by atoms with Crippen LogP contribution in [0.15, 0.2) is 22.8 Å². The van der Waals surface area contributed by atoms with Gasteiger partial charge in [0.2, 0.25) is 5.91 Å². The van der Waals surface area contributed by atoms with Crippen LogP contribution >= 0.6 is 0 Å². The lowest BCUT2D eigenvalue weighted by Gasteiger charge is -2.24. The lowest BCUT2D eigenvalue weighted by Crippen LogP contribution is -2.35. The van der Waals surface area contributed by atoms with E-state index >= 15 is 0 Å². The maximum absolute atomic E-state index is 12.0. The zero-order chi connectivity index (χ0) is 14.4. The summed E-state index contributed by atoms with van der Waals surface area (Å²) in [6.45, 7) is 0.603. The first-order valence-electron chi connectivity index (χ1n) is 7.63. The van der Waals surface area contributed by atoms with Crippen LogP contribution in [0.1, 0.15) is 50.3 Å². The van der Waals surface area contributed by atoms with Crippen molar-refractivity contribution in [2.45, 2.75) is 44.6 Å². The van der Waals surface area contributed by atoms with E-state index in [1.54, 1.807) is 6.26 Å². The summed E-state index contributed by atoms with van der Waals surface area (Å²) >= 11 is 0. The molecule has 1 fully saturated rings. The van der Waals surface area contributed by atoms with Crippen LogP contribution in [-0.4, -0.2) is 31.4 Å². The average molecular weight is 278 g/mol. The molecule has 112 valence electrons. The third kappa shape index (κ3) is 4.37. The van der Waals surface area contributed by atoms with Gasteiger partial charge in [-0.2, -0.15) is 0 Å². The Morgan fingerprint density at radius 3 is 2.75 bits per heavy atom.